The summed E-state index contributed by atoms with van der Waals surface area (Å²) in [7, 11) is 0. The third-order valence-electron chi connectivity index (χ3n) is 3.11. The summed E-state index contributed by atoms with van der Waals surface area (Å²) in [6.07, 6.45) is 1.16. The van der Waals surface area contributed by atoms with E-state index >= 15 is 0 Å². The van der Waals surface area contributed by atoms with Crippen molar-refractivity contribution in [1.82, 2.24) is 0 Å². The van der Waals surface area contributed by atoms with Crippen LogP contribution in [-0.2, 0) is 12.8 Å². The fourth-order valence-electron chi connectivity index (χ4n) is 2.18. The fourth-order valence-corrected chi connectivity index (χ4v) is 3.67. The molecule has 2 aromatic rings. The first-order valence-corrected chi connectivity index (χ1v) is 7.56. The molecular formula is C14H13BrO2S. The molecule has 0 fully saturated rings. The molecule has 4 heteroatoms. The molecule has 1 N–H and O–H groups in total. The number of hydrogen-bond acceptors (Lipinski definition) is 3. The van der Waals surface area contributed by atoms with Crippen molar-refractivity contribution in [2.24, 2.45) is 0 Å². The lowest BCUT2D eigenvalue weighted by molar-refractivity contribution is 0.179. The molecule has 18 heavy (non-hydrogen) atoms. The maximum absolute atomic E-state index is 10.3. The van der Waals surface area contributed by atoms with Crippen LogP contribution in [0.2, 0.25) is 0 Å². The number of aliphatic hydroxyl groups is 1. The Hall–Kier alpha value is -0.840. The molecule has 1 unspecified atom stereocenters. The van der Waals surface area contributed by atoms with Crippen molar-refractivity contribution >= 4 is 27.3 Å². The number of benzene rings is 1. The Balaban J connectivity index is 1.78. The van der Waals surface area contributed by atoms with Crippen molar-refractivity contribution in [1.29, 1.82) is 0 Å². The second kappa shape index (κ2) is 5.03. The molecular weight excluding hydrogens is 312 g/mol. The molecule has 1 aromatic heterocycles. The molecule has 0 aliphatic carbocycles. The van der Waals surface area contributed by atoms with Crippen LogP contribution in [0.3, 0.4) is 0 Å². The fraction of sp³-hybridized carbons (Fsp3) is 0.286. The zero-order chi connectivity index (χ0) is 12.5. The summed E-state index contributed by atoms with van der Waals surface area (Å²) in [6.45, 7) is 0.757. The first kappa shape index (κ1) is 12.2. The summed E-state index contributed by atoms with van der Waals surface area (Å²) >= 11 is 5.10. The van der Waals surface area contributed by atoms with Gasteiger partial charge in [0, 0.05) is 27.6 Å². The van der Waals surface area contributed by atoms with E-state index in [0.29, 0.717) is 6.42 Å². The van der Waals surface area contributed by atoms with E-state index in [1.54, 1.807) is 11.3 Å². The van der Waals surface area contributed by atoms with Gasteiger partial charge in [-0.1, -0.05) is 6.07 Å². The van der Waals surface area contributed by atoms with Crippen molar-refractivity contribution in [3.63, 3.8) is 0 Å². The summed E-state index contributed by atoms with van der Waals surface area (Å²) in [6, 6.07) is 8.04. The first-order valence-electron chi connectivity index (χ1n) is 5.89. The van der Waals surface area contributed by atoms with Gasteiger partial charge in [-0.05, 0) is 45.3 Å². The second-order valence-electron chi connectivity index (χ2n) is 4.42. The average molecular weight is 325 g/mol. The maximum atomic E-state index is 10.3. The molecule has 3 rings (SSSR count). The summed E-state index contributed by atoms with van der Waals surface area (Å²) in [5, 5.41) is 12.3. The van der Waals surface area contributed by atoms with Gasteiger partial charge in [0.15, 0.2) is 0 Å². The molecule has 1 aromatic carbocycles. The van der Waals surface area contributed by atoms with Crippen molar-refractivity contribution in [2.45, 2.75) is 18.9 Å². The van der Waals surface area contributed by atoms with Crippen LogP contribution in [0.15, 0.2) is 34.1 Å². The number of hydrogen-bond donors (Lipinski definition) is 1. The number of rotatable bonds is 3. The predicted molar refractivity (Wildman–Crippen MR) is 76.3 cm³/mol. The Kier molecular flexibility index (Phi) is 3.41. The van der Waals surface area contributed by atoms with Gasteiger partial charge in [-0.15, -0.1) is 11.3 Å². The highest BCUT2D eigenvalue weighted by molar-refractivity contribution is 9.10. The third kappa shape index (κ3) is 2.46. The summed E-state index contributed by atoms with van der Waals surface area (Å²) in [5.74, 6) is 0.963. The number of ether oxygens (including phenoxy) is 1. The van der Waals surface area contributed by atoms with Crippen LogP contribution < -0.4 is 4.74 Å². The highest BCUT2D eigenvalue weighted by Gasteiger charge is 2.16. The topological polar surface area (TPSA) is 29.5 Å². The van der Waals surface area contributed by atoms with Crippen molar-refractivity contribution in [3.05, 3.63) is 50.1 Å². The van der Waals surface area contributed by atoms with Gasteiger partial charge >= 0.3 is 0 Å². The molecule has 1 aliphatic heterocycles. The highest BCUT2D eigenvalue weighted by atomic mass is 79.9. The normalized spacial score (nSPS) is 15.2. The van der Waals surface area contributed by atoms with Crippen LogP contribution in [0, 0.1) is 0 Å². The van der Waals surface area contributed by atoms with Gasteiger partial charge in [0.2, 0.25) is 0 Å². The van der Waals surface area contributed by atoms with Gasteiger partial charge in [-0.25, -0.2) is 0 Å². The Labute approximate surface area is 118 Å². The smallest absolute Gasteiger partial charge is 0.122 e. The SMILES string of the molecule is OC(Cc1cc(Br)cs1)c1ccc2c(c1)CCO2. The molecule has 2 heterocycles. The van der Waals surface area contributed by atoms with Crippen LogP contribution in [0.1, 0.15) is 22.1 Å². The molecule has 2 nitrogen and oxygen atoms in total. The van der Waals surface area contributed by atoms with E-state index in [1.807, 2.05) is 17.5 Å². The van der Waals surface area contributed by atoms with E-state index in [-0.39, 0.29) is 0 Å². The Morgan fingerprint density at radius 3 is 3.06 bits per heavy atom. The van der Waals surface area contributed by atoms with E-state index in [0.717, 1.165) is 28.8 Å². The van der Waals surface area contributed by atoms with Gasteiger partial charge in [0.05, 0.1) is 12.7 Å². The molecule has 1 atom stereocenters. The van der Waals surface area contributed by atoms with Crippen molar-refractivity contribution in [3.8, 4) is 5.75 Å². The molecule has 94 valence electrons. The average Bonchev–Trinajstić information content (AvgIpc) is 2.96. The van der Waals surface area contributed by atoms with Gasteiger partial charge in [-0.3, -0.25) is 0 Å². The largest absolute Gasteiger partial charge is 0.493 e. The van der Waals surface area contributed by atoms with E-state index in [2.05, 4.69) is 28.1 Å². The summed E-state index contributed by atoms with van der Waals surface area (Å²) < 4.78 is 6.55. The Morgan fingerprint density at radius 2 is 2.28 bits per heavy atom. The lowest BCUT2D eigenvalue weighted by Gasteiger charge is -2.11. The van der Waals surface area contributed by atoms with Crippen molar-refractivity contribution < 1.29 is 9.84 Å². The van der Waals surface area contributed by atoms with E-state index < -0.39 is 6.10 Å². The van der Waals surface area contributed by atoms with Crippen molar-refractivity contribution in [2.75, 3.05) is 6.61 Å². The quantitative estimate of drug-likeness (QED) is 0.932. The molecule has 0 amide bonds. The molecule has 0 spiro atoms. The Bertz CT molecular complexity index is 565. The Morgan fingerprint density at radius 1 is 1.39 bits per heavy atom. The third-order valence-corrected chi connectivity index (χ3v) is 4.83. The van der Waals surface area contributed by atoms with E-state index in [1.165, 1.54) is 10.4 Å². The van der Waals surface area contributed by atoms with Crippen LogP contribution in [0.4, 0.5) is 0 Å². The van der Waals surface area contributed by atoms with E-state index in [4.69, 9.17) is 4.74 Å². The monoisotopic (exact) mass is 324 g/mol. The van der Waals surface area contributed by atoms with Crippen LogP contribution in [0.5, 0.6) is 5.75 Å². The van der Waals surface area contributed by atoms with Crippen LogP contribution in [-0.4, -0.2) is 11.7 Å². The van der Waals surface area contributed by atoms with Crippen LogP contribution >= 0.6 is 27.3 Å². The van der Waals surface area contributed by atoms with Gasteiger partial charge in [0.25, 0.3) is 0 Å². The number of aliphatic hydroxyl groups excluding tert-OH is 1. The second-order valence-corrected chi connectivity index (χ2v) is 6.33. The van der Waals surface area contributed by atoms with Crippen LogP contribution in [0.25, 0.3) is 0 Å². The standard InChI is InChI=1S/C14H13BrO2S/c15-11-6-12(18-8-11)7-13(16)9-1-2-14-10(5-9)3-4-17-14/h1-2,5-6,8,13,16H,3-4,7H2. The zero-order valence-electron chi connectivity index (χ0n) is 9.73. The lowest BCUT2D eigenvalue weighted by Crippen LogP contribution is -2.00. The maximum Gasteiger partial charge on any atom is 0.122 e. The number of fused-ring (bicyclic) bond motifs is 1. The first-order chi connectivity index (χ1) is 8.72. The van der Waals surface area contributed by atoms with Gasteiger partial charge in [-0.2, -0.15) is 0 Å². The molecule has 0 radical (unpaired) electrons. The minimum Gasteiger partial charge on any atom is -0.493 e. The minimum absolute atomic E-state index is 0.443. The number of halogens is 1. The van der Waals surface area contributed by atoms with E-state index in [9.17, 15) is 5.11 Å². The summed E-state index contributed by atoms with van der Waals surface area (Å²) in [4.78, 5) is 1.19. The predicted octanol–water partition coefficient (Wildman–Crippen LogP) is 3.72. The van der Waals surface area contributed by atoms with Gasteiger partial charge < -0.3 is 9.84 Å². The number of thiophene rings is 1. The molecule has 0 bridgehead atoms. The zero-order valence-corrected chi connectivity index (χ0v) is 12.1. The lowest BCUT2D eigenvalue weighted by atomic mass is 10.0. The molecule has 1 aliphatic rings. The van der Waals surface area contributed by atoms with Gasteiger partial charge in [0.1, 0.15) is 5.75 Å². The minimum atomic E-state index is -0.443. The summed E-state index contributed by atoms with van der Waals surface area (Å²) in [5.41, 5.74) is 2.18. The molecule has 0 saturated heterocycles. The highest BCUT2D eigenvalue weighted by Crippen LogP contribution is 2.30. The molecule has 0 saturated carbocycles.